The summed E-state index contributed by atoms with van der Waals surface area (Å²) in [4.78, 5) is 0. The Bertz CT molecular complexity index is 202. The molecule has 0 aliphatic carbocycles. The first kappa shape index (κ1) is 10.7. The average Bonchev–Trinajstić information content (AvgIpc) is 2.12. The molecule has 1 aliphatic heterocycles. The molecule has 1 nitrogen and oxygen atoms in total. The first-order valence-electron chi connectivity index (χ1n) is 3.47. The van der Waals surface area contributed by atoms with Gasteiger partial charge in [0.25, 0.3) is 0 Å². The molecule has 0 saturated carbocycles. The number of halogens is 3. The van der Waals surface area contributed by atoms with E-state index in [0.29, 0.717) is 2.43 Å². The zero-order chi connectivity index (χ0) is 8.70. The molecule has 0 radical (unpaired) electrons. The van der Waals surface area contributed by atoms with Crippen LogP contribution in [0.1, 0.15) is 6.92 Å². The van der Waals surface area contributed by atoms with Crippen LogP contribution in [-0.4, -0.2) is 28.5 Å². The zero-order valence-corrected chi connectivity index (χ0v) is 11.3. The second kappa shape index (κ2) is 3.42. The van der Waals surface area contributed by atoms with Gasteiger partial charge in [0.1, 0.15) is 0 Å². The minimum absolute atomic E-state index is 0.624. The summed E-state index contributed by atoms with van der Waals surface area (Å²) >= 11 is -3.34. The number of hydrogen-bond acceptors (Lipinski definition) is 0. The van der Waals surface area contributed by atoms with Crippen LogP contribution in [0.4, 0.5) is 0 Å². The maximum absolute atomic E-state index is 6.05. The summed E-state index contributed by atoms with van der Waals surface area (Å²) in [6.45, 7) is 5.18. The van der Waals surface area contributed by atoms with Crippen LogP contribution >= 0.6 is 25.5 Å². The van der Waals surface area contributed by atoms with E-state index in [1.165, 1.54) is 5.59 Å². The summed E-state index contributed by atoms with van der Waals surface area (Å²) in [5.74, 6) is 0. The van der Waals surface area contributed by atoms with Gasteiger partial charge in [-0.1, -0.05) is 0 Å². The van der Waals surface area contributed by atoms with E-state index in [1.54, 1.807) is 0 Å². The van der Waals surface area contributed by atoms with Gasteiger partial charge in [-0.3, -0.25) is 0 Å². The second-order valence-electron chi connectivity index (χ2n) is 3.02. The Hall–Kier alpha value is 1.65. The normalized spacial score (nSPS) is 31.5. The van der Waals surface area contributed by atoms with E-state index in [0.717, 1.165) is 12.9 Å². The number of nitrogens with zero attached hydrogens (tertiary/aromatic N) is 1. The Labute approximate surface area is 83.6 Å². The van der Waals surface area contributed by atoms with E-state index in [9.17, 15) is 0 Å². The van der Waals surface area contributed by atoms with E-state index >= 15 is 0 Å². The number of hydrogen-bond donors (Lipinski definition) is 0. The Morgan fingerprint density at radius 2 is 2.00 bits per heavy atom. The predicted molar refractivity (Wildman–Crippen MR) is 49.9 cm³/mol. The van der Waals surface area contributed by atoms with Crippen LogP contribution in [0.2, 0.25) is 6.32 Å². The Balaban J connectivity index is 2.92. The summed E-state index contributed by atoms with van der Waals surface area (Å²) in [6.07, 6.45) is 1.05. The molecule has 0 saturated heterocycles. The van der Waals surface area contributed by atoms with Crippen molar-refractivity contribution in [3.63, 3.8) is 0 Å². The summed E-state index contributed by atoms with van der Waals surface area (Å²) in [7, 11) is 20.2. The van der Waals surface area contributed by atoms with Gasteiger partial charge in [-0.2, -0.15) is 0 Å². The average molecular weight is 293 g/mol. The Morgan fingerprint density at radius 1 is 1.45 bits per heavy atom. The van der Waals surface area contributed by atoms with Crippen LogP contribution in [0.5, 0.6) is 0 Å². The third-order valence-electron chi connectivity index (χ3n) is 2.35. The topological polar surface area (TPSA) is 0 Å². The van der Waals surface area contributed by atoms with E-state index in [-0.39, 0.29) is 0 Å². The van der Waals surface area contributed by atoms with Crippen LogP contribution in [-0.2, 0) is 17.0 Å². The molecule has 1 aliphatic rings. The Morgan fingerprint density at radius 3 is 2.18 bits per heavy atom. The third kappa shape index (κ3) is 1.94. The van der Waals surface area contributed by atoms with Crippen molar-refractivity contribution in [2.75, 3.05) is 13.6 Å². The molecular weight excluding hydrogens is 282 g/mol. The number of rotatable bonds is 1. The fourth-order valence-electron chi connectivity index (χ4n) is 1.24. The van der Waals surface area contributed by atoms with Gasteiger partial charge < -0.3 is 0 Å². The molecule has 0 aromatic carbocycles. The minimum atomic E-state index is -3.34. The van der Waals surface area contributed by atoms with Crippen molar-refractivity contribution in [3.8, 4) is 0 Å². The molecule has 62 valence electrons. The Kier molecular flexibility index (Phi) is 3.34. The summed E-state index contributed by atoms with van der Waals surface area (Å²) in [5.41, 5.74) is 1.22. The molecule has 1 unspecified atom stereocenters. The SMILES string of the molecule is CC1=BCC[N+]1(C)[Zr]([Cl])([Cl])[Cl]. The summed E-state index contributed by atoms with van der Waals surface area (Å²) in [6, 6.07) is 0. The molecule has 0 aromatic heterocycles. The molecule has 1 rings (SSSR count). The van der Waals surface area contributed by atoms with Gasteiger partial charge in [-0.25, -0.2) is 0 Å². The first-order chi connectivity index (χ1) is 4.88. The number of quaternary nitrogens is 1. The molecule has 0 N–H and O–H groups in total. The molecule has 0 aromatic rings. The molecule has 0 bridgehead atoms. The standard InChI is InChI=1S/C5H10BN.3ClH.Zr/c1-5-6-3-4-7(5)2;;;;/h3-4H2,1-2H3;3*1H;/q;;;;+4/p-3. The van der Waals surface area contributed by atoms with Gasteiger partial charge in [-0.05, 0) is 0 Å². The molecule has 6 heteroatoms. The van der Waals surface area contributed by atoms with Crippen LogP contribution in [0.25, 0.3) is 0 Å². The molecule has 1 atom stereocenters. The molecule has 0 fully saturated rings. The van der Waals surface area contributed by atoms with Crippen molar-refractivity contribution in [2.45, 2.75) is 13.2 Å². The van der Waals surface area contributed by atoms with Crippen molar-refractivity contribution in [1.82, 2.24) is 0 Å². The van der Waals surface area contributed by atoms with Crippen LogP contribution < -0.4 is 0 Å². The zero-order valence-electron chi connectivity index (χ0n) is 6.57. The van der Waals surface area contributed by atoms with Gasteiger partial charge in [0, 0.05) is 0 Å². The van der Waals surface area contributed by atoms with Gasteiger partial charge in [-0.15, -0.1) is 0 Å². The van der Waals surface area contributed by atoms with E-state index in [2.05, 4.69) is 6.92 Å². The van der Waals surface area contributed by atoms with Crippen LogP contribution in [0.3, 0.4) is 0 Å². The van der Waals surface area contributed by atoms with Gasteiger partial charge in [0.15, 0.2) is 0 Å². The van der Waals surface area contributed by atoms with Crippen molar-refractivity contribution >= 4 is 38.0 Å². The molecular formula is C5H10BCl3NZr+. The van der Waals surface area contributed by atoms with Crippen molar-refractivity contribution in [2.24, 2.45) is 0 Å². The second-order valence-corrected chi connectivity index (χ2v) is 20.9. The first-order valence-corrected chi connectivity index (χ1v) is 14.1. The summed E-state index contributed by atoms with van der Waals surface area (Å²) in [5, 5.41) is 0. The van der Waals surface area contributed by atoms with E-state index in [4.69, 9.17) is 25.5 Å². The molecule has 0 spiro atoms. The predicted octanol–water partition coefficient (Wildman–Crippen LogP) is 2.25. The molecule has 11 heavy (non-hydrogen) atoms. The van der Waals surface area contributed by atoms with E-state index in [1.807, 2.05) is 14.0 Å². The van der Waals surface area contributed by atoms with Crippen LogP contribution in [0, 0.1) is 0 Å². The molecule has 1 heterocycles. The summed E-state index contributed by atoms with van der Waals surface area (Å²) < 4.78 is 0.624. The van der Waals surface area contributed by atoms with Crippen molar-refractivity contribution < 1.29 is 19.4 Å². The fourth-order valence-corrected chi connectivity index (χ4v) is 7.25. The quantitative estimate of drug-likeness (QED) is 0.650. The van der Waals surface area contributed by atoms with Crippen molar-refractivity contribution in [3.05, 3.63) is 0 Å². The van der Waals surface area contributed by atoms with Crippen molar-refractivity contribution in [1.29, 1.82) is 0 Å². The van der Waals surface area contributed by atoms with E-state index < -0.39 is 17.0 Å². The maximum atomic E-state index is 6.05. The van der Waals surface area contributed by atoms with Gasteiger partial charge in [0.2, 0.25) is 0 Å². The van der Waals surface area contributed by atoms with Gasteiger partial charge in [0.05, 0.1) is 0 Å². The van der Waals surface area contributed by atoms with Crippen LogP contribution in [0.15, 0.2) is 0 Å². The molecule has 0 amide bonds. The monoisotopic (exact) mass is 290 g/mol. The fraction of sp³-hybridized carbons (Fsp3) is 0.800. The third-order valence-corrected chi connectivity index (χ3v) is 13.1. The van der Waals surface area contributed by atoms with Gasteiger partial charge >= 0.3 is 84.3 Å².